The lowest BCUT2D eigenvalue weighted by atomic mass is 9.97. The van der Waals surface area contributed by atoms with Gasteiger partial charge in [0.05, 0.1) is 32.1 Å². The smallest absolute Gasteiger partial charge is 0.264 e. The molecule has 1 aliphatic carbocycles. The second kappa shape index (κ2) is 6.41. The zero-order valence-electron chi connectivity index (χ0n) is 13.6. The minimum Gasteiger partial charge on any atom is -0.378 e. The fourth-order valence-corrected chi connectivity index (χ4v) is 3.21. The van der Waals surface area contributed by atoms with Crippen molar-refractivity contribution in [1.29, 1.82) is 0 Å². The lowest BCUT2D eigenvalue weighted by molar-refractivity contribution is -0.111. The molecule has 0 amide bonds. The zero-order chi connectivity index (χ0) is 17.4. The van der Waals surface area contributed by atoms with Crippen LogP contribution in [0.4, 0.5) is 5.95 Å². The molecule has 1 aromatic rings. The molecule has 2 fully saturated rings. The van der Waals surface area contributed by atoms with Crippen LogP contribution in [-0.4, -0.2) is 79.0 Å². The quantitative estimate of drug-likeness (QED) is 0.683. The van der Waals surface area contributed by atoms with Crippen molar-refractivity contribution < 1.29 is 19.1 Å². The van der Waals surface area contributed by atoms with Gasteiger partial charge >= 0.3 is 0 Å². The minimum atomic E-state index is -0.811. The number of ketones is 2. The molecule has 3 aliphatic rings. The molecule has 3 heterocycles. The summed E-state index contributed by atoms with van der Waals surface area (Å²) in [6, 6.07) is 0. The van der Waals surface area contributed by atoms with Gasteiger partial charge in [-0.3, -0.25) is 19.4 Å². The van der Waals surface area contributed by atoms with E-state index < -0.39 is 17.1 Å². The Hall–Kier alpha value is -2.52. The first-order valence-electron chi connectivity index (χ1n) is 8.25. The number of H-pyrrole nitrogens is 1. The van der Waals surface area contributed by atoms with Gasteiger partial charge in [0.15, 0.2) is 0 Å². The number of fused-ring (bicyclic) bond motifs is 1. The Bertz CT molecular complexity index is 803. The molecular weight excluding hydrogens is 328 g/mol. The van der Waals surface area contributed by atoms with E-state index in [0.29, 0.717) is 64.3 Å². The Kier molecular flexibility index (Phi) is 4.10. The number of hydrogen-bond donors (Lipinski definition) is 1. The van der Waals surface area contributed by atoms with Gasteiger partial charge in [-0.2, -0.15) is 0 Å². The van der Waals surface area contributed by atoms with Crippen LogP contribution in [0, 0.1) is 0 Å². The Morgan fingerprint density at radius 1 is 0.920 bits per heavy atom. The number of hydrogen-bond acceptors (Lipinski definition) is 8. The second-order valence-electron chi connectivity index (χ2n) is 6.03. The maximum Gasteiger partial charge on any atom is 0.264 e. The summed E-state index contributed by atoms with van der Waals surface area (Å²) in [7, 11) is 0. The standard InChI is InChI=1S/C16H18N4O5/c21-11-9-10(19-1-5-24-6-2-19)13-12(14(11)22)15(23)18-16(17-13)20-3-7-25-8-4-20/h9H,1-8H2,(H,17,18,23). The molecule has 0 spiro atoms. The highest BCUT2D eigenvalue weighted by atomic mass is 16.5. The molecule has 4 rings (SSSR count). The molecule has 0 radical (unpaired) electrons. The molecular formula is C16H18N4O5. The van der Waals surface area contributed by atoms with E-state index in [2.05, 4.69) is 9.97 Å². The number of nitrogens with one attached hydrogen (secondary N) is 1. The SMILES string of the molecule is O=C1C=C(N2CCOCC2)c2nc(N3CCOCC3)[nH]c(=O)c2C1=O. The summed E-state index contributed by atoms with van der Waals surface area (Å²) in [6.45, 7) is 4.50. The van der Waals surface area contributed by atoms with Crippen LogP contribution in [0.2, 0.25) is 0 Å². The molecule has 0 unspecified atom stereocenters. The Balaban J connectivity index is 1.80. The maximum atomic E-state index is 12.5. The molecule has 2 aliphatic heterocycles. The van der Waals surface area contributed by atoms with Crippen LogP contribution in [0.25, 0.3) is 5.70 Å². The molecule has 2 saturated heterocycles. The fraction of sp³-hybridized carbons (Fsp3) is 0.500. The third kappa shape index (κ3) is 2.85. The number of morpholine rings is 2. The van der Waals surface area contributed by atoms with Gasteiger partial charge in [-0.05, 0) is 0 Å². The number of anilines is 1. The van der Waals surface area contributed by atoms with E-state index in [1.165, 1.54) is 6.08 Å². The average molecular weight is 346 g/mol. The lowest BCUT2D eigenvalue weighted by Crippen LogP contribution is -2.42. The number of rotatable bonds is 2. The lowest BCUT2D eigenvalue weighted by Gasteiger charge is -2.33. The summed E-state index contributed by atoms with van der Waals surface area (Å²) in [6.07, 6.45) is 1.28. The Labute approximate surface area is 143 Å². The summed E-state index contributed by atoms with van der Waals surface area (Å²) in [4.78, 5) is 47.8. The summed E-state index contributed by atoms with van der Waals surface area (Å²) in [5, 5.41) is 0. The van der Waals surface area contributed by atoms with Gasteiger partial charge < -0.3 is 19.3 Å². The molecule has 1 N–H and O–H groups in total. The van der Waals surface area contributed by atoms with Gasteiger partial charge in [0, 0.05) is 32.3 Å². The molecule has 0 bridgehead atoms. The normalized spacial score (nSPS) is 21.2. The topological polar surface area (TPSA) is 105 Å². The number of aromatic amines is 1. The summed E-state index contributed by atoms with van der Waals surface area (Å²) in [5.74, 6) is -1.11. The van der Waals surface area contributed by atoms with Crippen molar-refractivity contribution in [2.24, 2.45) is 0 Å². The number of carbonyl (C=O) groups excluding carboxylic acids is 2. The van der Waals surface area contributed by atoms with Crippen molar-refractivity contribution in [2.45, 2.75) is 0 Å². The average Bonchev–Trinajstić information content (AvgIpc) is 2.65. The molecule has 9 heteroatoms. The first-order chi connectivity index (χ1) is 12.1. The Morgan fingerprint density at radius 2 is 1.52 bits per heavy atom. The number of nitrogens with zero attached hydrogens (tertiary/aromatic N) is 3. The molecule has 0 atom stereocenters. The summed E-state index contributed by atoms with van der Waals surface area (Å²) >= 11 is 0. The van der Waals surface area contributed by atoms with Crippen molar-refractivity contribution in [3.8, 4) is 0 Å². The van der Waals surface area contributed by atoms with Crippen molar-refractivity contribution in [3.63, 3.8) is 0 Å². The minimum absolute atomic E-state index is 0.175. The number of allylic oxidation sites excluding steroid dienone is 1. The van der Waals surface area contributed by atoms with Crippen molar-refractivity contribution in [2.75, 3.05) is 57.5 Å². The zero-order valence-corrected chi connectivity index (χ0v) is 13.6. The molecule has 0 saturated carbocycles. The highest BCUT2D eigenvalue weighted by molar-refractivity contribution is 6.50. The van der Waals surface area contributed by atoms with E-state index in [1.54, 1.807) is 0 Å². The predicted molar refractivity (Wildman–Crippen MR) is 87.6 cm³/mol. The second-order valence-corrected chi connectivity index (χ2v) is 6.03. The van der Waals surface area contributed by atoms with E-state index in [0.717, 1.165) is 0 Å². The highest BCUT2D eigenvalue weighted by Gasteiger charge is 2.34. The van der Waals surface area contributed by atoms with Gasteiger partial charge in [-0.15, -0.1) is 0 Å². The van der Waals surface area contributed by atoms with E-state index in [-0.39, 0.29) is 11.3 Å². The van der Waals surface area contributed by atoms with E-state index in [1.807, 2.05) is 9.80 Å². The highest BCUT2D eigenvalue weighted by Crippen LogP contribution is 2.26. The molecule has 25 heavy (non-hydrogen) atoms. The van der Waals surface area contributed by atoms with Gasteiger partial charge in [-0.25, -0.2) is 4.98 Å². The van der Waals surface area contributed by atoms with Crippen LogP contribution in [0.5, 0.6) is 0 Å². The van der Waals surface area contributed by atoms with Gasteiger partial charge in [-0.1, -0.05) is 0 Å². The van der Waals surface area contributed by atoms with Gasteiger partial charge in [0.2, 0.25) is 17.5 Å². The number of Topliss-reactive ketones (excluding diaryl/α,β-unsaturated/α-hetero) is 1. The largest absolute Gasteiger partial charge is 0.378 e. The first kappa shape index (κ1) is 16.0. The van der Waals surface area contributed by atoms with Crippen LogP contribution in [-0.2, 0) is 14.3 Å². The third-order valence-electron chi connectivity index (χ3n) is 4.53. The third-order valence-corrected chi connectivity index (χ3v) is 4.53. The molecule has 0 aromatic carbocycles. The number of carbonyl (C=O) groups is 2. The van der Waals surface area contributed by atoms with Crippen molar-refractivity contribution in [3.05, 3.63) is 27.7 Å². The van der Waals surface area contributed by atoms with Crippen molar-refractivity contribution >= 4 is 23.2 Å². The van der Waals surface area contributed by atoms with Crippen LogP contribution in [0.15, 0.2) is 10.9 Å². The van der Waals surface area contributed by atoms with Crippen LogP contribution >= 0.6 is 0 Å². The molecule has 9 nitrogen and oxygen atoms in total. The maximum absolute atomic E-state index is 12.5. The fourth-order valence-electron chi connectivity index (χ4n) is 3.21. The van der Waals surface area contributed by atoms with E-state index in [4.69, 9.17) is 9.47 Å². The van der Waals surface area contributed by atoms with E-state index >= 15 is 0 Å². The number of ether oxygens (including phenoxy) is 2. The molecule has 132 valence electrons. The van der Waals surface area contributed by atoms with Gasteiger partial charge in [0.1, 0.15) is 11.3 Å². The molecule has 1 aromatic heterocycles. The monoisotopic (exact) mass is 346 g/mol. The number of aromatic nitrogens is 2. The first-order valence-corrected chi connectivity index (χ1v) is 8.25. The Morgan fingerprint density at radius 3 is 2.16 bits per heavy atom. The van der Waals surface area contributed by atoms with E-state index in [9.17, 15) is 14.4 Å². The predicted octanol–water partition coefficient (Wildman–Crippen LogP) is -0.955. The van der Waals surface area contributed by atoms with Crippen LogP contribution < -0.4 is 10.5 Å². The summed E-state index contributed by atoms with van der Waals surface area (Å²) < 4.78 is 10.7. The van der Waals surface area contributed by atoms with Crippen molar-refractivity contribution in [1.82, 2.24) is 14.9 Å². The van der Waals surface area contributed by atoms with Crippen LogP contribution in [0.1, 0.15) is 16.1 Å². The summed E-state index contributed by atoms with van der Waals surface area (Å²) in [5.41, 5.74) is 0.0370. The van der Waals surface area contributed by atoms with Crippen LogP contribution in [0.3, 0.4) is 0 Å². The van der Waals surface area contributed by atoms with Gasteiger partial charge in [0.25, 0.3) is 5.56 Å².